The summed E-state index contributed by atoms with van der Waals surface area (Å²) in [4.78, 5) is 16.6. The number of rotatable bonds is 6. The van der Waals surface area contributed by atoms with Gasteiger partial charge in [0.15, 0.2) is 0 Å². The molecule has 0 aliphatic rings. The summed E-state index contributed by atoms with van der Waals surface area (Å²) in [6.07, 6.45) is 2.64. The largest absolute Gasteiger partial charge is 0.370 e. The molecular weight excluding hydrogens is 333 g/mol. The molecular formula is C17H19Cl2N3O. The first-order valence-electron chi connectivity index (χ1n) is 7.42. The standard InChI is InChI=1S/C17H19Cl2N3O/c1-11(2)5-7-20-16-9-12(6-8-21-16)17(23)22-15-10-13(18)3-4-14(15)19/h3-4,6,8-11H,5,7H2,1-2H3,(H,20,21)(H,22,23). The Bertz CT molecular complexity index is 689. The number of amides is 1. The van der Waals surface area contributed by atoms with Crippen LogP contribution in [0.15, 0.2) is 36.5 Å². The molecule has 0 saturated carbocycles. The van der Waals surface area contributed by atoms with Crippen LogP contribution in [0.2, 0.25) is 10.0 Å². The Kier molecular flexibility index (Phi) is 6.25. The number of hydrogen-bond acceptors (Lipinski definition) is 3. The third-order valence-corrected chi connectivity index (χ3v) is 3.79. The van der Waals surface area contributed by atoms with Gasteiger partial charge in [0.25, 0.3) is 5.91 Å². The Morgan fingerprint density at radius 3 is 2.74 bits per heavy atom. The van der Waals surface area contributed by atoms with Gasteiger partial charge in [-0.2, -0.15) is 0 Å². The number of carbonyl (C=O) groups excluding carboxylic acids is 1. The number of carbonyl (C=O) groups is 1. The summed E-state index contributed by atoms with van der Waals surface area (Å²) in [5.74, 6) is 1.03. The number of halogens is 2. The molecule has 0 fully saturated rings. The van der Waals surface area contributed by atoms with Crippen LogP contribution in [0.4, 0.5) is 11.5 Å². The Labute approximate surface area is 146 Å². The van der Waals surface area contributed by atoms with E-state index in [1.54, 1.807) is 36.5 Å². The summed E-state index contributed by atoms with van der Waals surface area (Å²) in [6, 6.07) is 8.30. The van der Waals surface area contributed by atoms with E-state index in [1.807, 2.05) is 0 Å². The molecule has 1 aromatic carbocycles. The first-order valence-corrected chi connectivity index (χ1v) is 8.17. The van der Waals surface area contributed by atoms with E-state index in [-0.39, 0.29) is 5.91 Å². The highest BCUT2D eigenvalue weighted by atomic mass is 35.5. The van der Waals surface area contributed by atoms with E-state index in [4.69, 9.17) is 23.2 Å². The van der Waals surface area contributed by atoms with Crippen molar-refractivity contribution in [2.75, 3.05) is 17.2 Å². The van der Waals surface area contributed by atoms with Crippen molar-refractivity contribution in [2.45, 2.75) is 20.3 Å². The Morgan fingerprint density at radius 1 is 1.22 bits per heavy atom. The van der Waals surface area contributed by atoms with Crippen molar-refractivity contribution in [3.05, 3.63) is 52.1 Å². The minimum atomic E-state index is -0.261. The maximum absolute atomic E-state index is 12.3. The number of pyridine rings is 1. The maximum Gasteiger partial charge on any atom is 0.255 e. The topological polar surface area (TPSA) is 54.0 Å². The van der Waals surface area contributed by atoms with Crippen molar-refractivity contribution in [3.8, 4) is 0 Å². The number of benzene rings is 1. The predicted octanol–water partition coefficient (Wildman–Crippen LogP) is 5.10. The van der Waals surface area contributed by atoms with E-state index in [1.165, 1.54) is 0 Å². The minimum absolute atomic E-state index is 0.261. The van der Waals surface area contributed by atoms with Crippen molar-refractivity contribution in [3.63, 3.8) is 0 Å². The second kappa shape index (κ2) is 8.18. The third-order valence-electron chi connectivity index (χ3n) is 3.23. The van der Waals surface area contributed by atoms with Gasteiger partial charge >= 0.3 is 0 Å². The van der Waals surface area contributed by atoms with Crippen LogP contribution in [0.1, 0.15) is 30.6 Å². The van der Waals surface area contributed by atoms with E-state index in [9.17, 15) is 4.79 Å². The molecule has 0 spiro atoms. The van der Waals surface area contributed by atoms with Crippen molar-refractivity contribution >= 4 is 40.6 Å². The van der Waals surface area contributed by atoms with Gasteiger partial charge in [-0.3, -0.25) is 4.79 Å². The Hall–Kier alpha value is -1.78. The summed E-state index contributed by atoms with van der Waals surface area (Å²) >= 11 is 12.0. The molecule has 4 nitrogen and oxygen atoms in total. The van der Waals surface area contributed by atoms with Crippen LogP contribution in [-0.2, 0) is 0 Å². The number of aromatic nitrogens is 1. The molecule has 122 valence electrons. The molecule has 0 unspecified atom stereocenters. The second-order valence-corrected chi connectivity index (χ2v) is 6.46. The zero-order valence-corrected chi connectivity index (χ0v) is 14.6. The Balaban J connectivity index is 2.06. The van der Waals surface area contributed by atoms with Crippen LogP contribution in [0.5, 0.6) is 0 Å². The van der Waals surface area contributed by atoms with E-state index in [0.717, 1.165) is 13.0 Å². The number of hydrogen-bond donors (Lipinski definition) is 2. The molecule has 2 N–H and O–H groups in total. The molecule has 2 rings (SSSR count). The molecule has 23 heavy (non-hydrogen) atoms. The van der Waals surface area contributed by atoms with Crippen molar-refractivity contribution < 1.29 is 4.79 Å². The van der Waals surface area contributed by atoms with Gasteiger partial charge in [-0.15, -0.1) is 0 Å². The lowest BCUT2D eigenvalue weighted by atomic mass is 10.1. The molecule has 0 aliphatic carbocycles. The summed E-state index contributed by atoms with van der Waals surface area (Å²) < 4.78 is 0. The van der Waals surface area contributed by atoms with Gasteiger partial charge in [0.05, 0.1) is 10.7 Å². The fourth-order valence-corrected chi connectivity index (χ4v) is 2.28. The predicted molar refractivity (Wildman–Crippen MR) is 96.6 cm³/mol. The van der Waals surface area contributed by atoms with Crippen LogP contribution in [0, 0.1) is 5.92 Å². The van der Waals surface area contributed by atoms with Gasteiger partial charge in [-0.1, -0.05) is 37.0 Å². The molecule has 0 radical (unpaired) electrons. The van der Waals surface area contributed by atoms with Gasteiger partial charge in [-0.25, -0.2) is 4.98 Å². The Morgan fingerprint density at radius 2 is 2.00 bits per heavy atom. The maximum atomic E-state index is 12.3. The molecule has 0 saturated heterocycles. The average Bonchev–Trinajstić information content (AvgIpc) is 2.51. The fourth-order valence-electron chi connectivity index (χ4n) is 1.95. The molecule has 0 atom stereocenters. The summed E-state index contributed by atoms with van der Waals surface area (Å²) in [5.41, 5.74) is 0.985. The fraction of sp³-hybridized carbons (Fsp3) is 0.294. The number of anilines is 2. The lowest BCUT2D eigenvalue weighted by molar-refractivity contribution is 0.102. The first-order chi connectivity index (χ1) is 11.0. The zero-order chi connectivity index (χ0) is 16.8. The first kappa shape index (κ1) is 17.6. The summed E-state index contributed by atoms with van der Waals surface area (Å²) in [5, 5.41) is 6.92. The van der Waals surface area contributed by atoms with Gasteiger partial charge < -0.3 is 10.6 Å². The van der Waals surface area contributed by atoms with Crippen molar-refractivity contribution in [1.82, 2.24) is 4.98 Å². The number of nitrogens with one attached hydrogen (secondary N) is 2. The van der Waals surface area contributed by atoms with Crippen LogP contribution in [-0.4, -0.2) is 17.4 Å². The highest BCUT2D eigenvalue weighted by molar-refractivity contribution is 6.35. The van der Waals surface area contributed by atoms with Crippen molar-refractivity contribution in [2.24, 2.45) is 5.92 Å². The highest BCUT2D eigenvalue weighted by Crippen LogP contribution is 2.26. The van der Waals surface area contributed by atoms with Crippen LogP contribution in [0.3, 0.4) is 0 Å². The molecule has 2 aromatic rings. The molecule has 0 bridgehead atoms. The lowest BCUT2D eigenvalue weighted by Crippen LogP contribution is -2.13. The molecule has 1 heterocycles. The number of nitrogens with zero attached hydrogens (tertiary/aromatic N) is 1. The van der Waals surface area contributed by atoms with E-state index >= 15 is 0 Å². The summed E-state index contributed by atoms with van der Waals surface area (Å²) in [7, 11) is 0. The van der Waals surface area contributed by atoms with Gasteiger partial charge in [0.1, 0.15) is 5.82 Å². The van der Waals surface area contributed by atoms with Gasteiger partial charge in [-0.05, 0) is 42.7 Å². The highest BCUT2D eigenvalue weighted by Gasteiger charge is 2.10. The minimum Gasteiger partial charge on any atom is -0.370 e. The molecule has 6 heteroatoms. The van der Waals surface area contributed by atoms with Crippen LogP contribution >= 0.6 is 23.2 Å². The quantitative estimate of drug-likeness (QED) is 0.761. The van der Waals surface area contributed by atoms with Gasteiger partial charge in [0.2, 0.25) is 0 Å². The smallest absolute Gasteiger partial charge is 0.255 e. The average molecular weight is 352 g/mol. The van der Waals surface area contributed by atoms with Crippen molar-refractivity contribution in [1.29, 1.82) is 0 Å². The monoisotopic (exact) mass is 351 g/mol. The van der Waals surface area contributed by atoms with E-state index in [2.05, 4.69) is 29.5 Å². The molecule has 1 amide bonds. The second-order valence-electron chi connectivity index (χ2n) is 5.62. The lowest BCUT2D eigenvalue weighted by Gasteiger charge is -2.10. The normalized spacial score (nSPS) is 10.7. The summed E-state index contributed by atoms with van der Waals surface area (Å²) in [6.45, 7) is 5.14. The SMILES string of the molecule is CC(C)CCNc1cc(C(=O)Nc2cc(Cl)ccc2Cl)ccn1. The molecule has 0 aliphatic heterocycles. The van der Waals surface area contributed by atoms with Gasteiger partial charge in [0, 0.05) is 23.3 Å². The molecule has 1 aromatic heterocycles. The van der Waals surface area contributed by atoms with E-state index < -0.39 is 0 Å². The van der Waals surface area contributed by atoms with E-state index in [0.29, 0.717) is 33.0 Å². The third kappa shape index (κ3) is 5.41. The van der Waals surface area contributed by atoms with Crippen LogP contribution in [0.25, 0.3) is 0 Å². The van der Waals surface area contributed by atoms with Crippen LogP contribution < -0.4 is 10.6 Å². The zero-order valence-electron chi connectivity index (χ0n) is 13.1.